The minimum absolute atomic E-state index is 0.147. The quantitative estimate of drug-likeness (QED) is 0.857. The van der Waals surface area contributed by atoms with Crippen molar-refractivity contribution >= 4 is 25.7 Å². The molecule has 1 aliphatic heterocycles. The molecule has 1 N–H and O–H groups in total. The van der Waals surface area contributed by atoms with Gasteiger partial charge in [0, 0.05) is 13.1 Å². The third-order valence-electron chi connectivity index (χ3n) is 4.20. The molecule has 2 aromatic carbocycles. The summed E-state index contributed by atoms with van der Waals surface area (Å²) >= 11 is 0. The number of nitrogens with zero attached hydrogens (tertiary/aromatic N) is 1. The molecule has 0 spiro atoms. The molecule has 0 atom stereocenters. The van der Waals surface area contributed by atoms with Crippen molar-refractivity contribution in [2.45, 2.75) is 24.8 Å². The normalized spacial score (nSPS) is 14.6. The molecule has 134 valence electrons. The lowest BCUT2D eigenvalue weighted by atomic mass is 10.2. The molecule has 0 unspecified atom stereocenters. The maximum absolute atomic E-state index is 12.5. The van der Waals surface area contributed by atoms with Crippen LogP contribution in [0.2, 0.25) is 0 Å². The molecule has 8 heteroatoms. The van der Waals surface area contributed by atoms with E-state index in [1.807, 2.05) is 31.2 Å². The molecule has 6 nitrogen and oxygen atoms in total. The summed E-state index contributed by atoms with van der Waals surface area (Å²) in [6.45, 7) is 2.52. The van der Waals surface area contributed by atoms with Crippen LogP contribution in [-0.2, 0) is 33.0 Å². The Labute approximate surface area is 148 Å². The van der Waals surface area contributed by atoms with Crippen LogP contribution in [0, 0.1) is 6.92 Å². The fourth-order valence-corrected chi connectivity index (χ4v) is 4.85. The second kappa shape index (κ2) is 6.44. The van der Waals surface area contributed by atoms with Gasteiger partial charge in [0.1, 0.15) is 0 Å². The van der Waals surface area contributed by atoms with Crippen molar-refractivity contribution in [1.82, 2.24) is 4.72 Å². The van der Waals surface area contributed by atoms with Crippen LogP contribution in [0.5, 0.6) is 0 Å². The number of aryl methyl sites for hydroxylation is 1. The maximum atomic E-state index is 12.5. The molecular weight excluding hydrogens is 360 g/mol. The fraction of sp³-hybridized carbons (Fsp3) is 0.294. The Morgan fingerprint density at radius 1 is 1.04 bits per heavy atom. The molecule has 0 saturated heterocycles. The van der Waals surface area contributed by atoms with Gasteiger partial charge < -0.3 is 0 Å². The number of anilines is 1. The zero-order valence-corrected chi connectivity index (χ0v) is 15.7. The predicted molar refractivity (Wildman–Crippen MR) is 97.5 cm³/mol. The monoisotopic (exact) mass is 380 g/mol. The molecule has 0 aliphatic carbocycles. The minimum Gasteiger partial charge on any atom is -0.270 e. The second-order valence-corrected chi connectivity index (χ2v) is 9.86. The van der Waals surface area contributed by atoms with Crippen LogP contribution < -0.4 is 9.03 Å². The van der Waals surface area contributed by atoms with Crippen molar-refractivity contribution in [2.24, 2.45) is 0 Å². The van der Waals surface area contributed by atoms with Gasteiger partial charge in [-0.2, -0.15) is 0 Å². The van der Waals surface area contributed by atoms with Gasteiger partial charge in [0.25, 0.3) is 0 Å². The average Bonchev–Trinajstić information content (AvgIpc) is 2.97. The first-order valence-corrected chi connectivity index (χ1v) is 11.2. The number of nitrogens with one attached hydrogen (secondary N) is 1. The number of fused-ring (bicyclic) bond motifs is 1. The Bertz CT molecular complexity index is 997. The van der Waals surface area contributed by atoms with Gasteiger partial charge in [-0.05, 0) is 42.7 Å². The summed E-state index contributed by atoms with van der Waals surface area (Å²) in [6.07, 6.45) is 1.65. The van der Waals surface area contributed by atoms with E-state index in [-0.39, 0.29) is 11.4 Å². The summed E-state index contributed by atoms with van der Waals surface area (Å²) in [4.78, 5) is 0.147. The van der Waals surface area contributed by atoms with Crippen LogP contribution in [-0.4, -0.2) is 29.6 Å². The number of benzene rings is 2. The van der Waals surface area contributed by atoms with E-state index >= 15 is 0 Å². The lowest BCUT2D eigenvalue weighted by Crippen LogP contribution is -2.27. The summed E-state index contributed by atoms with van der Waals surface area (Å²) in [5, 5.41) is 0. The molecule has 1 heterocycles. The highest BCUT2D eigenvalue weighted by molar-refractivity contribution is 7.92. The lowest BCUT2D eigenvalue weighted by Gasteiger charge is -2.16. The molecule has 0 saturated carbocycles. The van der Waals surface area contributed by atoms with E-state index in [1.54, 1.807) is 12.1 Å². The summed E-state index contributed by atoms with van der Waals surface area (Å²) in [5.41, 5.74) is 3.27. The van der Waals surface area contributed by atoms with Gasteiger partial charge in [0.15, 0.2) is 0 Å². The van der Waals surface area contributed by atoms with Crippen molar-refractivity contribution < 1.29 is 16.8 Å². The molecule has 0 bridgehead atoms. The predicted octanol–water partition coefficient (Wildman–Crippen LogP) is 1.80. The fourth-order valence-electron chi connectivity index (χ4n) is 2.83. The Balaban J connectivity index is 1.81. The van der Waals surface area contributed by atoms with Crippen LogP contribution >= 0.6 is 0 Å². The van der Waals surface area contributed by atoms with Gasteiger partial charge in [0.05, 0.1) is 16.8 Å². The molecule has 0 aromatic heterocycles. The van der Waals surface area contributed by atoms with Gasteiger partial charge in [-0.3, -0.25) is 4.31 Å². The topological polar surface area (TPSA) is 83.6 Å². The standard InChI is InChI=1S/C17H20N2O4S2/c1-13-3-5-14(6-4-13)12-18-25(22,23)16-7-8-17-15(11-16)9-10-19(17)24(2,20)21/h3-8,11,18H,9-10,12H2,1-2H3. The highest BCUT2D eigenvalue weighted by Crippen LogP contribution is 2.31. The molecule has 0 radical (unpaired) electrons. The third-order valence-corrected chi connectivity index (χ3v) is 6.78. The van der Waals surface area contributed by atoms with Crippen LogP contribution in [0.3, 0.4) is 0 Å². The highest BCUT2D eigenvalue weighted by atomic mass is 32.2. The number of rotatable bonds is 5. The first-order valence-electron chi connectivity index (χ1n) is 7.83. The largest absolute Gasteiger partial charge is 0.270 e. The van der Waals surface area contributed by atoms with E-state index in [4.69, 9.17) is 0 Å². The molecule has 1 aliphatic rings. The van der Waals surface area contributed by atoms with E-state index in [0.717, 1.165) is 22.9 Å². The molecular formula is C17H20N2O4S2. The summed E-state index contributed by atoms with van der Waals surface area (Å²) in [6, 6.07) is 12.2. The van der Waals surface area contributed by atoms with Gasteiger partial charge >= 0.3 is 0 Å². The van der Waals surface area contributed by atoms with Crippen molar-refractivity contribution in [1.29, 1.82) is 0 Å². The zero-order valence-electron chi connectivity index (χ0n) is 14.1. The van der Waals surface area contributed by atoms with Gasteiger partial charge in [-0.1, -0.05) is 29.8 Å². The molecule has 2 aromatic rings. The Morgan fingerprint density at radius 2 is 1.72 bits per heavy atom. The maximum Gasteiger partial charge on any atom is 0.240 e. The highest BCUT2D eigenvalue weighted by Gasteiger charge is 2.27. The molecule has 0 fully saturated rings. The van der Waals surface area contributed by atoms with Gasteiger partial charge in [0.2, 0.25) is 20.0 Å². The van der Waals surface area contributed by atoms with E-state index in [2.05, 4.69) is 4.72 Å². The summed E-state index contributed by atoms with van der Waals surface area (Å²) in [7, 11) is -7.01. The number of hydrogen-bond donors (Lipinski definition) is 1. The van der Waals surface area contributed by atoms with Gasteiger partial charge in [-0.25, -0.2) is 21.6 Å². The van der Waals surface area contributed by atoms with Crippen molar-refractivity contribution in [3.8, 4) is 0 Å². The first-order chi connectivity index (χ1) is 11.7. The van der Waals surface area contributed by atoms with Crippen LogP contribution in [0.4, 0.5) is 5.69 Å². The smallest absolute Gasteiger partial charge is 0.240 e. The number of sulfonamides is 2. The summed E-state index contributed by atoms with van der Waals surface area (Å²) < 4.78 is 52.4. The Hall–Kier alpha value is -1.90. The Morgan fingerprint density at radius 3 is 2.36 bits per heavy atom. The van der Waals surface area contributed by atoms with Crippen LogP contribution in [0.25, 0.3) is 0 Å². The number of hydrogen-bond acceptors (Lipinski definition) is 4. The third kappa shape index (κ3) is 3.86. The van der Waals surface area contributed by atoms with E-state index < -0.39 is 20.0 Å². The van der Waals surface area contributed by atoms with E-state index in [9.17, 15) is 16.8 Å². The second-order valence-electron chi connectivity index (χ2n) is 6.19. The summed E-state index contributed by atoms with van der Waals surface area (Å²) in [5.74, 6) is 0. The van der Waals surface area contributed by atoms with Crippen molar-refractivity contribution in [3.63, 3.8) is 0 Å². The van der Waals surface area contributed by atoms with E-state index in [0.29, 0.717) is 18.7 Å². The van der Waals surface area contributed by atoms with Crippen molar-refractivity contribution in [3.05, 3.63) is 59.2 Å². The van der Waals surface area contributed by atoms with Crippen molar-refractivity contribution in [2.75, 3.05) is 17.1 Å². The SMILES string of the molecule is Cc1ccc(CNS(=O)(=O)c2ccc3c(c2)CCN3S(C)(=O)=O)cc1. The average molecular weight is 380 g/mol. The molecule has 0 amide bonds. The first kappa shape index (κ1) is 17.9. The van der Waals surface area contributed by atoms with Gasteiger partial charge in [-0.15, -0.1) is 0 Å². The Kier molecular flexibility index (Phi) is 4.61. The van der Waals surface area contributed by atoms with Crippen LogP contribution in [0.1, 0.15) is 16.7 Å². The van der Waals surface area contributed by atoms with E-state index in [1.165, 1.54) is 10.4 Å². The molecule has 3 rings (SSSR count). The lowest BCUT2D eigenvalue weighted by molar-refractivity contribution is 0.581. The zero-order chi connectivity index (χ0) is 18.2. The molecule has 25 heavy (non-hydrogen) atoms. The van der Waals surface area contributed by atoms with Crippen LogP contribution in [0.15, 0.2) is 47.4 Å². The minimum atomic E-state index is -3.66.